The van der Waals surface area contributed by atoms with Crippen LogP contribution in [0.4, 0.5) is 0 Å². The zero-order valence-electron chi connectivity index (χ0n) is 8.61. The second-order valence-electron chi connectivity index (χ2n) is 3.56. The van der Waals surface area contributed by atoms with Gasteiger partial charge in [-0.25, -0.2) is 4.98 Å². The molecule has 0 aromatic carbocycles. The smallest absolute Gasteiger partial charge is 0.196 e. The third-order valence-corrected chi connectivity index (χ3v) is 3.55. The van der Waals surface area contributed by atoms with Gasteiger partial charge in [0.05, 0.1) is 10.6 Å². The van der Waals surface area contributed by atoms with E-state index in [0.717, 1.165) is 0 Å². The molecule has 3 rings (SSSR count). The summed E-state index contributed by atoms with van der Waals surface area (Å²) in [4.78, 5) is 19.3. The molecule has 17 heavy (non-hydrogen) atoms. The molecule has 0 spiro atoms. The van der Waals surface area contributed by atoms with Crippen LogP contribution in [0.2, 0.25) is 5.02 Å². The predicted molar refractivity (Wildman–Crippen MR) is 68.9 cm³/mol. The number of fused-ring (bicyclic) bond motifs is 1. The van der Waals surface area contributed by atoms with Crippen molar-refractivity contribution < 1.29 is 4.79 Å². The lowest BCUT2D eigenvalue weighted by Crippen LogP contribution is -1.98. The van der Waals surface area contributed by atoms with Crippen molar-refractivity contribution in [2.45, 2.75) is 0 Å². The number of pyridine rings is 1. The largest absolute Gasteiger partial charge is 0.345 e. The third kappa shape index (κ3) is 1.66. The molecule has 0 saturated carbocycles. The number of hydrogen-bond acceptors (Lipinski definition) is 3. The van der Waals surface area contributed by atoms with E-state index >= 15 is 0 Å². The summed E-state index contributed by atoms with van der Waals surface area (Å²) in [5, 5.41) is 4.92. The van der Waals surface area contributed by atoms with Crippen LogP contribution in [-0.4, -0.2) is 15.8 Å². The van der Waals surface area contributed by atoms with Gasteiger partial charge in [0.15, 0.2) is 5.78 Å². The van der Waals surface area contributed by atoms with Gasteiger partial charge in [0.2, 0.25) is 0 Å². The number of hydrogen-bond donors (Lipinski definition) is 1. The first-order valence-corrected chi connectivity index (χ1v) is 6.28. The van der Waals surface area contributed by atoms with E-state index in [4.69, 9.17) is 11.6 Å². The summed E-state index contributed by atoms with van der Waals surface area (Å²) >= 11 is 7.59. The molecular weight excluding hydrogens is 256 g/mol. The molecule has 3 aromatic heterocycles. The number of carbonyl (C=O) groups is 1. The minimum atomic E-state index is -0.0348. The molecule has 84 valence electrons. The van der Waals surface area contributed by atoms with Gasteiger partial charge in [0.1, 0.15) is 5.65 Å². The van der Waals surface area contributed by atoms with E-state index in [1.807, 2.05) is 10.8 Å². The van der Waals surface area contributed by atoms with Crippen molar-refractivity contribution >= 4 is 39.8 Å². The van der Waals surface area contributed by atoms with Crippen LogP contribution in [0, 0.1) is 0 Å². The number of halogens is 1. The van der Waals surface area contributed by atoms with Crippen LogP contribution in [0.25, 0.3) is 11.0 Å². The SMILES string of the molecule is O=C(c1ccsc1)c1c[nH]c2nccc(Cl)c12. The first-order valence-electron chi connectivity index (χ1n) is 4.96. The maximum Gasteiger partial charge on any atom is 0.196 e. The number of nitrogens with zero attached hydrogens (tertiary/aromatic N) is 1. The molecule has 1 N–H and O–H groups in total. The normalized spacial score (nSPS) is 10.9. The molecule has 0 aliphatic rings. The highest BCUT2D eigenvalue weighted by atomic mass is 35.5. The average molecular weight is 263 g/mol. The van der Waals surface area contributed by atoms with E-state index in [9.17, 15) is 4.79 Å². The summed E-state index contributed by atoms with van der Waals surface area (Å²) in [7, 11) is 0. The Morgan fingerprint density at radius 1 is 1.41 bits per heavy atom. The van der Waals surface area contributed by atoms with Crippen LogP contribution in [0.5, 0.6) is 0 Å². The van der Waals surface area contributed by atoms with Crippen LogP contribution in [0.1, 0.15) is 15.9 Å². The van der Waals surface area contributed by atoms with Crippen molar-refractivity contribution in [3.63, 3.8) is 0 Å². The summed E-state index contributed by atoms with van der Waals surface area (Å²) in [6.45, 7) is 0. The molecule has 5 heteroatoms. The van der Waals surface area contributed by atoms with E-state index in [0.29, 0.717) is 27.2 Å². The number of aromatic amines is 1. The van der Waals surface area contributed by atoms with E-state index in [-0.39, 0.29) is 5.78 Å². The number of H-pyrrole nitrogens is 1. The van der Waals surface area contributed by atoms with Gasteiger partial charge < -0.3 is 4.98 Å². The van der Waals surface area contributed by atoms with Crippen molar-refractivity contribution in [2.75, 3.05) is 0 Å². The van der Waals surface area contributed by atoms with Crippen molar-refractivity contribution in [3.05, 3.63) is 51.4 Å². The Bertz CT molecular complexity index is 688. The molecule has 0 saturated heterocycles. The molecule has 3 nitrogen and oxygen atoms in total. The zero-order chi connectivity index (χ0) is 11.8. The standard InChI is InChI=1S/C12H7ClN2OS/c13-9-1-3-14-12-10(9)8(5-15-12)11(16)7-2-4-17-6-7/h1-6H,(H,14,15). The molecule has 3 aromatic rings. The fourth-order valence-corrected chi connectivity index (χ4v) is 2.63. The van der Waals surface area contributed by atoms with Crippen LogP contribution in [0.3, 0.4) is 0 Å². The average Bonchev–Trinajstić information content (AvgIpc) is 2.98. The lowest BCUT2D eigenvalue weighted by Gasteiger charge is -1.97. The number of thiophene rings is 1. The monoisotopic (exact) mass is 262 g/mol. The van der Waals surface area contributed by atoms with Gasteiger partial charge in [-0.15, -0.1) is 0 Å². The van der Waals surface area contributed by atoms with Gasteiger partial charge in [-0.3, -0.25) is 4.79 Å². The van der Waals surface area contributed by atoms with Gasteiger partial charge in [-0.1, -0.05) is 11.6 Å². The van der Waals surface area contributed by atoms with E-state index in [1.165, 1.54) is 11.3 Å². The Labute approximate surface area is 106 Å². The zero-order valence-corrected chi connectivity index (χ0v) is 10.2. The first-order chi connectivity index (χ1) is 8.27. The molecule has 0 fully saturated rings. The van der Waals surface area contributed by atoms with Gasteiger partial charge in [-0.2, -0.15) is 11.3 Å². The third-order valence-electron chi connectivity index (χ3n) is 2.55. The number of aromatic nitrogens is 2. The van der Waals surface area contributed by atoms with Crippen molar-refractivity contribution in [1.82, 2.24) is 9.97 Å². The molecule has 0 aliphatic carbocycles. The molecule has 0 amide bonds. The number of rotatable bonds is 2. The fourth-order valence-electron chi connectivity index (χ4n) is 1.74. The van der Waals surface area contributed by atoms with E-state index < -0.39 is 0 Å². The van der Waals surface area contributed by atoms with Gasteiger partial charge in [-0.05, 0) is 17.5 Å². The fraction of sp³-hybridized carbons (Fsp3) is 0. The Morgan fingerprint density at radius 2 is 2.29 bits per heavy atom. The molecular formula is C12H7ClN2OS. The molecule has 0 radical (unpaired) electrons. The highest BCUT2D eigenvalue weighted by Crippen LogP contribution is 2.27. The minimum Gasteiger partial charge on any atom is -0.345 e. The Morgan fingerprint density at radius 3 is 3.06 bits per heavy atom. The van der Waals surface area contributed by atoms with E-state index in [2.05, 4.69) is 9.97 Å². The maximum atomic E-state index is 12.2. The molecule has 0 aliphatic heterocycles. The Hall–Kier alpha value is -1.65. The first kappa shape index (κ1) is 10.5. The van der Waals surface area contributed by atoms with Crippen molar-refractivity contribution in [3.8, 4) is 0 Å². The molecule has 0 unspecified atom stereocenters. The number of carbonyl (C=O) groups excluding carboxylic acids is 1. The van der Waals surface area contributed by atoms with Crippen molar-refractivity contribution in [1.29, 1.82) is 0 Å². The molecule has 3 heterocycles. The van der Waals surface area contributed by atoms with Crippen LogP contribution < -0.4 is 0 Å². The highest BCUT2D eigenvalue weighted by Gasteiger charge is 2.16. The van der Waals surface area contributed by atoms with Gasteiger partial charge >= 0.3 is 0 Å². The predicted octanol–water partition coefficient (Wildman–Crippen LogP) is 3.51. The summed E-state index contributed by atoms with van der Waals surface area (Å²) in [5.74, 6) is -0.0348. The highest BCUT2D eigenvalue weighted by molar-refractivity contribution is 7.08. The second-order valence-corrected chi connectivity index (χ2v) is 4.75. The quantitative estimate of drug-likeness (QED) is 0.719. The topological polar surface area (TPSA) is 45.8 Å². The van der Waals surface area contributed by atoms with Gasteiger partial charge in [0.25, 0.3) is 0 Å². The van der Waals surface area contributed by atoms with Gasteiger partial charge in [0, 0.05) is 28.7 Å². The van der Waals surface area contributed by atoms with Crippen molar-refractivity contribution in [2.24, 2.45) is 0 Å². The molecule has 0 atom stereocenters. The summed E-state index contributed by atoms with van der Waals surface area (Å²) in [6.07, 6.45) is 3.27. The second kappa shape index (κ2) is 3.98. The number of ketones is 1. The Kier molecular flexibility index (Phi) is 2.46. The summed E-state index contributed by atoms with van der Waals surface area (Å²) in [5.41, 5.74) is 1.88. The van der Waals surface area contributed by atoms with Crippen LogP contribution >= 0.6 is 22.9 Å². The summed E-state index contributed by atoms with van der Waals surface area (Å²) < 4.78 is 0. The van der Waals surface area contributed by atoms with E-state index in [1.54, 1.807) is 24.5 Å². The number of nitrogens with one attached hydrogen (secondary N) is 1. The maximum absolute atomic E-state index is 12.2. The van der Waals surface area contributed by atoms with Crippen LogP contribution in [-0.2, 0) is 0 Å². The lowest BCUT2D eigenvalue weighted by molar-refractivity contribution is 0.104. The Balaban J connectivity index is 2.22. The minimum absolute atomic E-state index is 0.0348. The molecule has 0 bridgehead atoms. The lowest BCUT2D eigenvalue weighted by atomic mass is 10.1. The van der Waals surface area contributed by atoms with Crippen LogP contribution in [0.15, 0.2) is 35.3 Å². The summed E-state index contributed by atoms with van der Waals surface area (Å²) in [6, 6.07) is 3.48.